The maximum absolute atomic E-state index is 11.5. The normalized spacial score (nSPS) is 11.6. The summed E-state index contributed by atoms with van der Waals surface area (Å²) < 4.78 is 5.15. The SMILES string of the molecule is CCCNC(=O)CN=C(NCC)NCCCNC(=O)OC(C)(C)C. The lowest BCUT2D eigenvalue weighted by molar-refractivity contribution is -0.119. The van der Waals surface area contributed by atoms with Crippen molar-refractivity contribution in [3.8, 4) is 0 Å². The number of hydrogen-bond acceptors (Lipinski definition) is 4. The van der Waals surface area contributed by atoms with Gasteiger partial charge in [-0.3, -0.25) is 4.79 Å². The molecule has 0 heterocycles. The third-order valence-electron chi connectivity index (χ3n) is 2.61. The number of alkyl carbamates (subject to hydrolysis) is 1. The van der Waals surface area contributed by atoms with E-state index in [1.165, 1.54) is 0 Å². The quantitative estimate of drug-likeness (QED) is 0.284. The third-order valence-corrected chi connectivity index (χ3v) is 2.61. The lowest BCUT2D eigenvalue weighted by Gasteiger charge is -2.19. The minimum absolute atomic E-state index is 0.0888. The molecule has 8 heteroatoms. The van der Waals surface area contributed by atoms with E-state index < -0.39 is 11.7 Å². The Morgan fingerprint density at radius 3 is 2.21 bits per heavy atom. The standard InChI is InChI=1S/C16H33N5O3/c1-6-9-18-13(22)12-21-14(17-7-2)19-10-8-11-20-15(23)24-16(3,4)5/h6-12H2,1-5H3,(H,18,22)(H,20,23)(H2,17,19,21). The number of aliphatic imine (C=N–C) groups is 1. The molecule has 0 bridgehead atoms. The van der Waals surface area contributed by atoms with Crippen LogP contribution in [0.5, 0.6) is 0 Å². The number of amides is 2. The van der Waals surface area contributed by atoms with Gasteiger partial charge in [0.25, 0.3) is 0 Å². The molecule has 8 nitrogen and oxygen atoms in total. The van der Waals surface area contributed by atoms with E-state index in [2.05, 4.69) is 26.3 Å². The van der Waals surface area contributed by atoms with Gasteiger partial charge in [-0.1, -0.05) is 6.92 Å². The monoisotopic (exact) mass is 343 g/mol. The Kier molecular flexibility index (Phi) is 11.4. The van der Waals surface area contributed by atoms with Crippen LogP contribution >= 0.6 is 0 Å². The van der Waals surface area contributed by atoms with Gasteiger partial charge in [0.2, 0.25) is 5.91 Å². The molecule has 0 aliphatic rings. The number of nitrogens with one attached hydrogen (secondary N) is 4. The van der Waals surface area contributed by atoms with Crippen molar-refractivity contribution in [2.45, 2.75) is 53.1 Å². The van der Waals surface area contributed by atoms with Gasteiger partial charge in [-0.05, 0) is 40.5 Å². The summed E-state index contributed by atoms with van der Waals surface area (Å²) in [4.78, 5) is 27.2. The van der Waals surface area contributed by atoms with Crippen molar-refractivity contribution in [3.63, 3.8) is 0 Å². The smallest absolute Gasteiger partial charge is 0.407 e. The maximum atomic E-state index is 11.5. The summed E-state index contributed by atoms with van der Waals surface area (Å²) in [5.41, 5.74) is -0.494. The molecule has 0 unspecified atom stereocenters. The highest BCUT2D eigenvalue weighted by molar-refractivity contribution is 5.84. The van der Waals surface area contributed by atoms with Crippen molar-refractivity contribution in [2.75, 3.05) is 32.7 Å². The Morgan fingerprint density at radius 1 is 0.958 bits per heavy atom. The first-order valence-electron chi connectivity index (χ1n) is 8.54. The fourth-order valence-corrected chi connectivity index (χ4v) is 1.61. The van der Waals surface area contributed by atoms with E-state index in [1.54, 1.807) is 0 Å². The zero-order valence-corrected chi connectivity index (χ0v) is 15.6. The van der Waals surface area contributed by atoms with Crippen LogP contribution in [0, 0.1) is 0 Å². The molecule has 0 spiro atoms. The largest absolute Gasteiger partial charge is 0.444 e. The van der Waals surface area contributed by atoms with Crippen LogP contribution in [0.4, 0.5) is 4.79 Å². The van der Waals surface area contributed by atoms with Crippen LogP contribution < -0.4 is 21.3 Å². The molecule has 0 saturated carbocycles. The van der Waals surface area contributed by atoms with E-state index in [-0.39, 0.29) is 12.5 Å². The molecule has 0 aromatic rings. The number of ether oxygens (including phenoxy) is 1. The Bertz CT molecular complexity index is 405. The summed E-state index contributed by atoms with van der Waals surface area (Å²) in [6.07, 6.45) is 1.19. The molecule has 24 heavy (non-hydrogen) atoms. The molecule has 0 atom stereocenters. The molecule has 0 aromatic carbocycles. The van der Waals surface area contributed by atoms with Crippen molar-refractivity contribution in [1.29, 1.82) is 0 Å². The summed E-state index contributed by atoms with van der Waals surface area (Å²) in [5.74, 6) is 0.488. The molecular formula is C16H33N5O3. The van der Waals surface area contributed by atoms with E-state index in [9.17, 15) is 9.59 Å². The number of hydrogen-bond donors (Lipinski definition) is 4. The molecule has 2 amide bonds. The van der Waals surface area contributed by atoms with Crippen molar-refractivity contribution in [2.24, 2.45) is 4.99 Å². The van der Waals surface area contributed by atoms with Crippen LogP contribution in [0.25, 0.3) is 0 Å². The Hall–Kier alpha value is -1.99. The first-order valence-corrected chi connectivity index (χ1v) is 8.54. The molecule has 0 aromatic heterocycles. The predicted molar refractivity (Wildman–Crippen MR) is 96.1 cm³/mol. The number of carbonyl (C=O) groups excluding carboxylic acids is 2. The van der Waals surface area contributed by atoms with E-state index in [0.29, 0.717) is 38.6 Å². The zero-order chi connectivity index (χ0) is 18.4. The summed E-state index contributed by atoms with van der Waals surface area (Å²) in [6, 6.07) is 0. The topological polar surface area (TPSA) is 104 Å². The molecule has 0 aliphatic heterocycles. The predicted octanol–water partition coefficient (Wildman–Crippen LogP) is 0.983. The molecule has 4 N–H and O–H groups in total. The zero-order valence-electron chi connectivity index (χ0n) is 15.6. The van der Waals surface area contributed by atoms with Crippen LogP contribution in [0.1, 0.15) is 47.5 Å². The Balaban J connectivity index is 4.00. The molecule has 0 fully saturated rings. The number of carbonyl (C=O) groups is 2. The van der Waals surface area contributed by atoms with Crippen LogP contribution in [-0.2, 0) is 9.53 Å². The van der Waals surface area contributed by atoms with Crippen LogP contribution in [0.15, 0.2) is 4.99 Å². The van der Waals surface area contributed by atoms with Crippen molar-refractivity contribution < 1.29 is 14.3 Å². The minimum atomic E-state index is -0.494. The Morgan fingerprint density at radius 2 is 1.62 bits per heavy atom. The highest BCUT2D eigenvalue weighted by Gasteiger charge is 2.15. The number of nitrogens with zero attached hydrogens (tertiary/aromatic N) is 1. The lowest BCUT2D eigenvalue weighted by atomic mass is 10.2. The van der Waals surface area contributed by atoms with Crippen LogP contribution in [0.3, 0.4) is 0 Å². The van der Waals surface area contributed by atoms with Crippen molar-refractivity contribution in [3.05, 3.63) is 0 Å². The molecule has 0 aliphatic carbocycles. The molecule has 0 saturated heterocycles. The third kappa shape index (κ3) is 13.7. The number of rotatable bonds is 9. The van der Waals surface area contributed by atoms with E-state index in [0.717, 1.165) is 6.42 Å². The van der Waals surface area contributed by atoms with Gasteiger partial charge in [0.15, 0.2) is 5.96 Å². The maximum Gasteiger partial charge on any atom is 0.407 e. The van der Waals surface area contributed by atoms with Gasteiger partial charge in [0, 0.05) is 26.2 Å². The van der Waals surface area contributed by atoms with Gasteiger partial charge >= 0.3 is 6.09 Å². The van der Waals surface area contributed by atoms with Crippen LogP contribution in [-0.4, -0.2) is 56.3 Å². The summed E-state index contributed by atoms with van der Waals surface area (Å²) in [7, 11) is 0. The summed E-state index contributed by atoms with van der Waals surface area (Å²) >= 11 is 0. The van der Waals surface area contributed by atoms with Gasteiger partial charge in [0.1, 0.15) is 12.1 Å². The first-order chi connectivity index (χ1) is 11.3. The summed E-state index contributed by atoms with van der Waals surface area (Å²) in [6.45, 7) is 12.0. The number of guanidine groups is 1. The second-order valence-corrected chi connectivity index (χ2v) is 6.25. The van der Waals surface area contributed by atoms with E-state index >= 15 is 0 Å². The highest BCUT2D eigenvalue weighted by atomic mass is 16.6. The van der Waals surface area contributed by atoms with Gasteiger partial charge in [0.05, 0.1) is 0 Å². The fraction of sp³-hybridized carbons (Fsp3) is 0.812. The second kappa shape index (κ2) is 12.4. The van der Waals surface area contributed by atoms with E-state index in [4.69, 9.17) is 4.74 Å². The molecule has 0 radical (unpaired) electrons. The average Bonchev–Trinajstić information content (AvgIpc) is 2.48. The van der Waals surface area contributed by atoms with Crippen molar-refractivity contribution >= 4 is 18.0 Å². The van der Waals surface area contributed by atoms with Crippen LogP contribution in [0.2, 0.25) is 0 Å². The minimum Gasteiger partial charge on any atom is -0.444 e. The van der Waals surface area contributed by atoms with Gasteiger partial charge < -0.3 is 26.0 Å². The van der Waals surface area contributed by atoms with E-state index in [1.807, 2.05) is 34.6 Å². The molecule has 140 valence electrons. The van der Waals surface area contributed by atoms with Gasteiger partial charge in [-0.15, -0.1) is 0 Å². The average molecular weight is 343 g/mol. The second-order valence-electron chi connectivity index (χ2n) is 6.25. The fourth-order valence-electron chi connectivity index (χ4n) is 1.61. The Labute approximate surface area is 145 Å². The first kappa shape index (κ1) is 22.0. The molecule has 0 rings (SSSR count). The highest BCUT2D eigenvalue weighted by Crippen LogP contribution is 2.06. The molecular weight excluding hydrogens is 310 g/mol. The summed E-state index contributed by atoms with van der Waals surface area (Å²) in [5, 5.41) is 11.7. The van der Waals surface area contributed by atoms with Gasteiger partial charge in [-0.2, -0.15) is 0 Å². The van der Waals surface area contributed by atoms with Crippen molar-refractivity contribution in [1.82, 2.24) is 21.3 Å². The van der Waals surface area contributed by atoms with Gasteiger partial charge in [-0.25, -0.2) is 9.79 Å². The lowest BCUT2D eigenvalue weighted by Crippen LogP contribution is -2.40.